The first-order valence-corrected chi connectivity index (χ1v) is 3.74. The number of oxime groups is 1. The lowest BCUT2D eigenvalue weighted by molar-refractivity contribution is 0.317. The Hall–Kier alpha value is -1.51. The topological polar surface area (TPSA) is 44.6 Å². The second-order valence-electron chi connectivity index (χ2n) is 2.56. The van der Waals surface area contributed by atoms with E-state index in [-0.39, 0.29) is 0 Å². The van der Waals surface area contributed by atoms with Crippen LogP contribution in [0.1, 0.15) is 11.1 Å². The summed E-state index contributed by atoms with van der Waals surface area (Å²) >= 11 is 0. The van der Waals surface area contributed by atoms with Crippen LogP contribution in [-0.4, -0.2) is 18.1 Å². The molecule has 0 saturated carbocycles. The molecule has 0 aromatic heterocycles. The molecule has 0 heterocycles. The molecule has 1 aromatic rings. The molecule has 12 heavy (non-hydrogen) atoms. The Balaban J connectivity index is 2.96. The van der Waals surface area contributed by atoms with Crippen LogP contribution in [-0.2, 0) is 0 Å². The van der Waals surface area contributed by atoms with Crippen LogP contribution in [0, 0.1) is 6.92 Å². The molecular weight excluding hydrogens is 152 g/mol. The highest BCUT2D eigenvalue weighted by molar-refractivity contribution is 5.98. The summed E-state index contributed by atoms with van der Waals surface area (Å²) in [6.45, 7) is 2.01. The van der Waals surface area contributed by atoms with Crippen molar-refractivity contribution in [3.8, 4) is 0 Å². The average Bonchev–Trinajstić information content (AvgIpc) is 2.10. The Kier molecular flexibility index (Phi) is 2.69. The van der Waals surface area contributed by atoms with E-state index < -0.39 is 0 Å². The van der Waals surface area contributed by atoms with E-state index in [4.69, 9.17) is 5.21 Å². The SMILES string of the molecule is CN/C(=N\O)c1ccc(C)cc1. The third-order valence-corrected chi connectivity index (χ3v) is 1.66. The van der Waals surface area contributed by atoms with E-state index >= 15 is 0 Å². The van der Waals surface area contributed by atoms with E-state index in [9.17, 15) is 0 Å². The zero-order valence-electron chi connectivity index (χ0n) is 7.20. The van der Waals surface area contributed by atoms with Crippen LogP contribution >= 0.6 is 0 Å². The van der Waals surface area contributed by atoms with E-state index in [1.54, 1.807) is 7.05 Å². The number of nitrogens with one attached hydrogen (secondary N) is 1. The fourth-order valence-corrected chi connectivity index (χ4v) is 0.964. The lowest BCUT2D eigenvalue weighted by Gasteiger charge is -2.02. The highest BCUT2D eigenvalue weighted by Crippen LogP contribution is 2.02. The van der Waals surface area contributed by atoms with Crippen molar-refractivity contribution in [3.05, 3.63) is 35.4 Å². The zero-order chi connectivity index (χ0) is 8.97. The number of nitrogens with zero attached hydrogens (tertiary/aromatic N) is 1. The molecular formula is C9H12N2O. The first-order chi connectivity index (χ1) is 5.77. The number of hydrogen-bond donors (Lipinski definition) is 2. The van der Waals surface area contributed by atoms with Crippen LogP contribution in [0.25, 0.3) is 0 Å². The van der Waals surface area contributed by atoms with Gasteiger partial charge in [-0.2, -0.15) is 0 Å². The van der Waals surface area contributed by atoms with Crippen molar-refractivity contribution in [2.75, 3.05) is 7.05 Å². The van der Waals surface area contributed by atoms with E-state index in [0.717, 1.165) is 5.56 Å². The quantitative estimate of drug-likeness (QED) is 0.285. The molecule has 3 heteroatoms. The third kappa shape index (κ3) is 1.75. The number of benzene rings is 1. The monoisotopic (exact) mass is 164 g/mol. The van der Waals surface area contributed by atoms with Crippen molar-refractivity contribution < 1.29 is 5.21 Å². The predicted octanol–water partition coefficient (Wildman–Crippen LogP) is 1.35. The van der Waals surface area contributed by atoms with Gasteiger partial charge in [0.1, 0.15) is 0 Å². The Morgan fingerprint density at radius 3 is 2.33 bits per heavy atom. The first-order valence-electron chi connectivity index (χ1n) is 3.74. The third-order valence-electron chi connectivity index (χ3n) is 1.66. The fraction of sp³-hybridized carbons (Fsp3) is 0.222. The van der Waals surface area contributed by atoms with Crippen molar-refractivity contribution in [3.63, 3.8) is 0 Å². The summed E-state index contributed by atoms with van der Waals surface area (Å²) in [5.74, 6) is 0.481. The van der Waals surface area contributed by atoms with Crippen molar-refractivity contribution in [1.29, 1.82) is 0 Å². The zero-order valence-corrected chi connectivity index (χ0v) is 7.20. The van der Waals surface area contributed by atoms with Gasteiger partial charge in [0.05, 0.1) is 0 Å². The Morgan fingerprint density at radius 1 is 1.33 bits per heavy atom. The maximum absolute atomic E-state index is 8.57. The van der Waals surface area contributed by atoms with Crippen molar-refractivity contribution in [2.45, 2.75) is 6.92 Å². The van der Waals surface area contributed by atoms with Gasteiger partial charge in [-0.05, 0) is 6.92 Å². The molecule has 0 amide bonds. The van der Waals surface area contributed by atoms with E-state index in [0.29, 0.717) is 5.84 Å². The normalized spacial score (nSPS) is 11.3. The molecule has 0 atom stereocenters. The maximum Gasteiger partial charge on any atom is 0.172 e. The van der Waals surface area contributed by atoms with Gasteiger partial charge in [-0.25, -0.2) is 0 Å². The molecule has 3 nitrogen and oxygen atoms in total. The summed E-state index contributed by atoms with van der Waals surface area (Å²) in [4.78, 5) is 0. The molecule has 0 saturated heterocycles. The number of hydrogen-bond acceptors (Lipinski definition) is 2. The summed E-state index contributed by atoms with van der Waals surface area (Å²) in [6.07, 6.45) is 0. The van der Waals surface area contributed by atoms with E-state index in [2.05, 4.69) is 10.5 Å². The summed E-state index contributed by atoms with van der Waals surface area (Å²) in [7, 11) is 1.72. The van der Waals surface area contributed by atoms with Crippen LogP contribution in [0.3, 0.4) is 0 Å². The number of amidine groups is 1. The molecule has 0 bridgehead atoms. The minimum absolute atomic E-state index is 0.481. The predicted molar refractivity (Wildman–Crippen MR) is 48.6 cm³/mol. The molecule has 0 aliphatic carbocycles. The molecule has 2 N–H and O–H groups in total. The largest absolute Gasteiger partial charge is 0.409 e. The van der Waals surface area contributed by atoms with Gasteiger partial charge in [0.25, 0.3) is 0 Å². The lowest BCUT2D eigenvalue weighted by atomic mass is 10.1. The highest BCUT2D eigenvalue weighted by atomic mass is 16.4. The minimum Gasteiger partial charge on any atom is -0.409 e. The van der Waals surface area contributed by atoms with Crippen LogP contribution in [0.4, 0.5) is 0 Å². The van der Waals surface area contributed by atoms with Gasteiger partial charge in [-0.15, -0.1) is 0 Å². The van der Waals surface area contributed by atoms with Crippen LogP contribution in [0.2, 0.25) is 0 Å². The van der Waals surface area contributed by atoms with Crippen LogP contribution in [0.15, 0.2) is 29.4 Å². The van der Waals surface area contributed by atoms with Gasteiger partial charge in [-0.1, -0.05) is 35.0 Å². The molecule has 0 aliphatic heterocycles. The molecule has 1 rings (SSSR count). The molecule has 1 aromatic carbocycles. The second-order valence-corrected chi connectivity index (χ2v) is 2.56. The number of rotatable bonds is 1. The Morgan fingerprint density at radius 2 is 1.92 bits per heavy atom. The minimum atomic E-state index is 0.481. The van der Waals surface area contributed by atoms with Gasteiger partial charge in [0.2, 0.25) is 0 Å². The summed E-state index contributed by atoms with van der Waals surface area (Å²) in [5.41, 5.74) is 2.07. The second kappa shape index (κ2) is 3.76. The van der Waals surface area contributed by atoms with Crippen molar-refractivity contribution >= 4 is 5.84 Å². The van der Waals surface area contributed by atoms with Crippen molar-refractivity contribution in [2.24, 2.45) is 5.16 Å². The Bertz CT molecular complexity index is 277. The molecule has 0 spiro atoms. The van der Waals surface area contributed by atoms with Gasteiger partial charge in [-0.3, -0.25) is 0 Å². The molecule has 64 valence electrons. The van der Waals surface area contributed by atoms with Crippen molar-refractivity contribution in [1.82, 2.24) is 5.32 Å². The lowest BCUT2D eigenvalue weighted by Crippen LogP contribution is -2.19. The molecule has 0 aliphatic rings. The van der Waals surface area contributed by atoms with Crippen LogP contribution < -0.4 is 5.32 Å². The van der Waals surface area contributed by atoms with Gasteiger partial charge >= 0.3 is 0 Å². The maximum atomic E-state index is 8.57. The van der Waals surface area contributed by atoms with E-state index in [1.165, 1.54) is 5.56 Å². The van der Waals surface area contributed by atoms with E-state index in [1.807, 2.05) is 31.2 Å². The van der Waals surface area contributed by atoms with Gasteiger partial charge in [0.15, 0.2) is 5.84 Å². The summed E-state index contributed by atoms with van der Waals surface area (Å²) in [5, 5.41) is 14.5. The smallest absolute Gasteiger partial charge is 0.172 e. The van der Waals surface area contributed by atoms with Crippen LogP contribution in [0.5, 0.6) is 0 Å². The molecule has 0 fully saturated rings. The highest BCUT2D eigenvalue weighted by Gasteiger charge is 1.99. The molecule has 0 radical (unpaired) electrons. The molecule has 0 unspecified atom stereocenters. The standard InChI is InChI=1S/C9H12N2O/c1-7-3-5-8(6-4-7)9(10-2)11-12/h3-6,12H,1-2H3,(H,10,11). The first kappa shape index (κ1) is 8.59. The Labute approximate surface area is 71.7 Å². The number of aryl methyl sites for hydroxylation is 1. The summed E-state index contributed by atoms with van der Waals surface area (Å²) in [6, 6.07) is 7.75. The fourth-order valence-electron chi connectivity index (χ4n) is 0.964. The summed E-state index contributed by atoms with van der Waals surface area (Å²) < 4.78 is 0. The van der Waals surface area contributed by atoms with Gasteiger partial charge < -0.3 is 10.5 Å². The van der Waals surface area contributed by atoms with Gasteiger partial charge in [0, 0.05) is 12.6 Å². The average molecular weight is 164 g/mol.